The Morgan fingerprint density at radius 2 is 1.65 bits per heavy atom. The largest absolute Gasteiger partial charge is 0.507 e. The van der Waals surface area contributed by atoms with Crippen LogP contribution in [0.4, 0.5) is 0 Å². The zero-order valence-electron chi connectivity index (χ0n) is 29.9. The van der Waals surface area contributed by atoms with Gasteiger partial charge in [0, 0.05) is 43.2 Å². The Hall–Kier alpha value is -4.63. The van der Waals surface area contributed by atoms with Gasteiger partial charge in [-0.05, 0) is 90.5 Å². The van der Waals surface area contributed by atoms with Crippen LogP contribution in [-0.2, 0) is 16.1 Å². The van der Waals surface area contributed by atoms with E-state index in [1.54, 1.807) is 17.2 Å². The molecule has 0 bridgehead atoms. The van der Waals surface area contributed by atoms with Crippen LogP contribution in [0.1, 0.15) is 68.7 Å². The van der Waals surface area contributed by atoms with Gasteiger partial charge in [-0.25, -0.2) is 0 Å². The predicted molar refractivity (Wildman–Crippen MR) is 204 cm³/mol. The van der Waals surface area contributed by atoms with Gasteiger partial charge in [-0.1, -0.05) is 85.6 Å². The number of carbonyl (C=O) groups excluding carboxylic acids is 2. The first kappa shape index (κ1) is 35.8. The van der Waals surface area contributed by atoms with E-state index in [2.05, 4.69) is 35.0 Å². The van der Waals surface area contributed by atoms with E-state index in [-0.39, 0.29) is 30.2 Å². The molecule has 2 saturated heterocycles. The number of aliphatic hydroxyl groups is 2. The zero-order valence-corrected chi connectivity index (χ0v) is 29.9. The lowest BCUT2D eigenvalue weighted by atomic mass is 9.67. The number of aliphatic hydroxyl groups excluding tert-OH is 2. The molecule has 2 fully saturated rings. The number of benzene rings is 3. The number of phenols is 1. The van der Waals surface area contributed by atoms with Crippen molar-refractivity contribution in [2.45, 2.75) is 70.6 Å². The fourth-order valence-electron chi connectivity index (χ4n) is 8.95. The molecule has 0 unspecified atom stereocenters. The summed E-state index contributed by atoms with van der Waals surface area (Å²) >= 11 is 0. The molecule has 4 aromatic rings. The maximum Gasteiger partial charge on any atom is 0.234 e. The summed E-state index contributed by atoms with van der Waals surface area (Å²) in [6.07, 6.45) is 7.22. The highest BCUT2D eigenvalue weighted by molar-refractivity contribution is 6.06. The molecule has 270 valence electrons. The fourth-order valence-corrected chi connectivity index (χ4v) is 8.95. The number of hydrogen-bond acceptors (Lipinski definition) is 7. The molecule has 7 rings (SSSR count). The van der Waals surface area contributed by atoms with E-state index in [1.807, 2.05) is 66.7 Å². The summed E-state index contributed by atoms with van der Waals surface area (Å²) in [6.45, 7) is 4.25. The van der Waals surface area contributed by atoms with Crippen LogP contribution < -0.4 is 0 Å². The number of aromatic hydroxyl groups is 1. The number of piperidine rings is 1. The summed E-state index contributed by atoms with van der Waals surface area (Å²) in [6, 6.07) is 27.3. The molecular formula is C44H49N3O5. The molecule has 3 N–H and O–H groups in total. The summed E-state index contributed by atoms with van der Waals surface area (Å²) < 4.78 is 0. The molecule has 8 nitrogen and oxygen atoms in total. The molecule has 2 amide bonds. The van der Waals surface area contributed by atoms with Crippen molar-refractivity contribution in [1.29, 1.82) is 0 Å². The topological polar surface area (TPSA) is 114 Å². The van der Waals surface area contributed by atoms with Crippen molar-refractivity contribution in [3.8, 4) is 5.75 Å². The molecule has 2 aliphatic heterocycles. The van der Waals surface area contributed by atoms with Crippen molar-refractivity contribution >= 4 is 34.2 Å². The van der Waals surface area contributed by atoms with Gasteiger partial charge in [0.1, 0.15) is 5.75 Å². The van der Waals surface area contributed by atoms with E-state index in [0.717, 1.165) is 77.6 Å². The van der Waals surface area contributed by atoms with Gasteiger partial charge in [0.15, 0.2) is 0 Å². The lowest BCUT2D eigenvalue weighted by Crippen LogP contribution is -2.47. The number of fused-ring (bicyclic) bond motifs is 2. The van der Waals surface area contributed by atoms with Crippen LogP contribution >= 0.6 is 0 Å². The van der Waals surface area contributed by atoms with Gasteiger partial charge in [0.05, 0.1) is 30.2 Å². The van der Waals surface area contributed by atoms with Crippen LogP contribution in [0.15, 0.2) is 102 Å². The van der Waals surface area contributed by atoms with E-state index in [0.29, 0.717) is 25.7 Å². The lowest BCUT2D eigenvalue weighted by molar-refractivity contribution is -0.144. The molecule has 0 saturated carbocycles. The summed E-state index contributed by atoms with van der Waals surface area (Å²) in [5, 5.41) is 35.1. The second kappa shape index (κ2) is 15.9. The SMILES string of the molecule is CCCC1=C([C@H](O)CC/C(=C/c2ccc(O)c3ccccc23)c2ccccn2)[C@H](CO)[C@@H]2C(=O)N(C3CCN(Cc4ccccc4)CC3)C(=O)[C@@H]2C1. The summed E-state index contributed by atoms with van der Waals surface area (Å²) in [5.74, 6) is -1.87. The highest BCUT2D eigenvalue weighted by Crippen LogP contribution is 2.48. The Labute approximate surface area is 306 Å². The molecule has 3 aromatic carbocycles. The smallest absolute Gasteiger partial charge is 0.234 e. The molecule has 3 heterocycles. The number of allylic oxidation sites excluding steroid dienone is 2. The number of phenolic OH excluding ortho intramolecular Hbond substituents is 1. The highest BCUT2D eigenvalue weighted by Gasteiger charge is 2.56. The van der Waals surface area contributed by atoms with E-state index in [1.165, 1.54) is 5.56 Å². The van der Waals surface area contributed by atoms with Crippen molar-refractivity contribution in [3.63, 3.8) is 0 Å². The van der Waals surface area contributed by atoms with Gasteiger partial charge in [0.25, 0.3) is 0 Å². The molecule has 0 spiro atoms. The van der Waals surface area contributed by atoms with Gasteiger partial charge in [-0.2, -0.15) is 0 Å². The number of likely N-dealkylation sites (tertiary alicyclic amines) is 2. The van der Waals surface area contributed by atoms with Crippen LogP contribution in [-0.4, -0.2) is 73.8 Å². The van der Waals surface area contributed by atoms with Crippen LogP contribution in [0.3, 0.4) is 0 Å². The van der Waals surface area contributed by atoms with Crippen molar-refractivity contribution in [2.75, 3.05) is 19.7 Å². The molecule has 1 aromatic heterocycles. The third kappa shape index (κ3) is 7.20. The number of hydrogen-bond donors (Lipinski definition) is 3. The first-order chi connectivity index (χ1) is 25.4. The number of amides is 2. The van der Waals surface area contributed by atoms with Crippen LogP contribution in [0.2, 0.25) is 0 Å². The Kier molecular flexibility index (Phi) is 11.0. The minimum Gasteiger partial charge on any atom is -0.507 e. The summed E-state index contributed by atoms with van der Waals surface area (Å²) in [4.78, 5) is 36.9. The average molecular weight is 700 g/mol. The van der Waals surface area contributed by atoms with Gasteiger partial charge in [-0.15, -0.1) is 0 Å². The second-order valence-corrected chi connectivity index (χ2v) is 14.6. The third-order valence-electron chi connectivity index (χ3n) is 11.4. The number of aromatic nitrogens is 1. The van der Waals surface area contributed by atoms with E-state index in [4.69, 9.17) is 0 Å². The summed E-state index contributed by atoms with van der Waals surface area (Å²) in [7, 11) is 0. The van der Waals surface area contributed by atoms with E-state index >= 15 is 0 Å². The number of pyridine rings is 1. The summed E-state index contributed by atoms with van der Waals surface area (Å²) in [5.41, 5.74) is 5.65. The molecular weight excluding hydrogens is 650 g/mol. The molecule has 0 radical (unpaired) electrons. The second-order valence-electron chi connectivity index (χ2n) is 14.6. The number of nitrogens with zero attached hydrogens (tertiary/aromatic N) is 3. The fraction of sp³-hybridized carbons (Fsp3) is 0.386. The average Bonchev–Trinajstić information content (AvgIpc) is 3.43. The number of carbonyl (C=O) groups is 2. The van der Waals surface area contributed by atoms with Crippen molar-refractivity contribution in [2.24, 2.45) is 17.8 Å². The predicted octanol–water partition coefficient (Wildman–Crippen LogP) is 7.00. The Morgan fingerprint density at radius 3 is 2.37 bits per heavy atom. The van der Waals surface area contributed by atoms with Crippen LogP contribution in [0.25, 0.3) is 22.4 Å². The first-order valence-electron chi connectivity index (χ1n) is 18.8. The van der Waals surface area contributed by atoms with Crippen molar-refractivity contribution in [1.82, 2.24) is 14.8 Å². The molecule has 4 atom stereocenters. The molecule has 8 heteroatoms. The minimum absolute atomic E-state index is 0.112. The van der Waals surface area contributed by atoms with Gasteiger partial charge >= 0.3 is 0 Å². The quantitative estimate of drug-likeness (QED) is 0.108. The van der Waals surface area contributed by atoms with E-state index in [9.17, 15) is 24.9 Å². The standard InChI is InChI=1S/C44H49N3O5/c1-2-10-32-26-36-42(44(52)47(43(36)51)33-20-23-46(24-21-33)27-29-11-4-3-5-12-29)37(28-48)41(32)40(50)19-17-31(38-15-8-9-22-45-38)25-30-16-18-39(49)35-14-7-6-13-34(30)35/h3-9,11-16,18,22,25,33,36-37,40,42,48-50H,2,10,17,19-21,23-24,26-28H2,1H3/b31-25-/t36-,37+,40-,42-/m1/s1. The molecule has 52 heavy (non-hydrogen) atoms. The Morgan fingerprint density at radius 1 is 0.923 bits per heavy atom. The van der Waals surface area contributed by atoms with Crippen molar-refractivity contribution < 1.29 is 24.9 Å². The number of rotatable bonds is 12. The zero-order chi connectivity index (χ0) is 36.2. The van der Waals surface area contributed by atoms with Gasteiger partial charge in [0.2, 0.25) is 11.8 Å². The van der Waals surface area contributed by atoms with E-state index < -0.39 is 23.9 Å². The maximum atomic E-state index is 14.3. The lowest BCUT2D eigenvalue weighted by Gasteiger charge is -2.37. The Bertz CT molecular complexity index is 1950. The monoisotopic (exact) mass is 699 g/mol. The third-order valence-corrected chi connectivity index (χ3v) is 11.4. The van der Waals surface area contributed by atoms with Gasteiger partial charge in [-0.3, -0.25) is 24.4 Å². The van der Waals surface area contributed by atoms with Crippen LogP contribution in [0.5, 0.6) is 5.75 Å². The molecule has 1 aliphatic carbocycles. The molecule has 3 aliphatic rings. The van der Waals surface area contributed by atoms with Gasteiger partial charge < -0.3 is 15.3 Å². The Balaban J connectivity index is 1.11. The number of imide groups is 1. The highest BCUT2D eigenvalue weighted by atomic mass is 16.3. The maximum absolute atomic E-state index is 14.3. The van der Waals surface area contributed by atoms with Crippen LogP contribution in [0, 0.1) is 17.8 Å². The van der Waals surface area contributed by atoms with Crippen molar-refractivity contribution in [3.05, 3.63) is 119 Å². The minimum atomic E-state index is -0.901. The first-order valence-corrected chi connectivity index (χ1v) is 18.8. The normalized spacial score (nSPS) is 22.3.